The first kappa shape index (κ1) is 23.5. The zero-order chi connectivity index (χ0) is 25.1. The first-order valence-corrected chi connectivity index (χ1v) is 11.9. The second kappa shape index (κ2) is 10.2. The SMILES string of the molecule is CN(C)C/C=C/C(=O)N1CC[C@@H](n2nc(-c3ccc(Oc4ccccc4)cc3)c3c(O)ncnc32)C1. The lowest BCUT2D eigenvalue weighted by Gasteiger charge is -2.15. The summed E-state index contributed by atoms with van der Waals surface area (Å²) in [4.78, 5) is 24.9. The van der Waals surface area contributed by atoms with Crippen molar-refractivity contribution in [2.75, 3.05) is 33.7 Å². The lowest BCUT2D eigenvalue weighted by molar-refractivity contribution is -0.125. The van der Waals surface area contributed by atoms with E-state index in [2.05, 4.69) is 9.97 Å². The van der Waals surface area contributed by atoms with Gasteiger partial charge >= 0.3 is 0 Å². The Morgan fingerprint density at radius 2 is 1.86 bits per heavy atom. The van der Waals surface area contributed by atoms with Crippen LogP contribution in [0.1, 0.15) is 12.5 Å². The van der Waals surface area contributed by atoms with Crippen molar-refractivity contribution in [3.63, 3.8) is 0 Å². The normalized spacial score (nSPS) is 15.9. The molecule has 1 fully saturated rings. The fourth-order valence-electron chi connectivity index (χ4n) is 4.33. The van der Waals surface area contributed by atoms with Crippen LogP contribution in [0, 0.1) is 0 Å². The highest BCUT2D eigenvalue weighted by Crippen LogP contribution is 2.36. The third-order valence-electron chi connectivity index (χ3n) is 6.13. The van der Waals surface area contributed by atoms with Crippen molar-refractivity contribution in [1.82, 2.24) is 29.5 Å². The van der Waals surface area contributed by atoms with Gasteiger partial charge < -0.3 is 19.6 Å². The van der Waals surface area contributed by atoms with Crippen molar-refractivity contribution >= 4 is 16.9 Å². The molecule has 1 saturated heterocycles. The van der Waals surface area contributed by atoms with Crippen LogP contribution in [0.3, 0.4) is 0 Å². The molecule has 1 N–H and O–H groups in total. The Morgan fingerprint density at radius 3 is 2.61 bits per heavy atom. The maximum atomic E-state index is 12.6. The zero-order valence-corrected chi connectivity index (χ0v) is 20.3. The summed E-state index contributed by atoms with van der Waals surface area (Å²) in [7, 11) is 3.92. The molecule has 0 bridgehead atoms. The summed E-state index contributed by atoms with van der Waals surface area (Å²) < 4.78 is 7.71. The second-order valence-electron chi connectivity index (χ2n) is 9.02. The number of fused-ring (bicyclic) bond motifs is 1. The fraction of sp³-hybridized carbons (Fsp3) is 0.259. The first-order valence-electron chi connectivity index (χ1n) is 11.9. The molecule has 1 atom stereocenters. The molecular formula is C27H28N6O3. The fourth-order valence-corrected chi connectivity index (χ4v) is 4.33. The van der Waals surface area contributed by atoms with E-state index < -0.39 is 0 Å². The molecule has 184 valence electrons. The number of likely N-dealkylation sites (N-methyl/N-ethyl adjacent to an activating group) is 1. The summed E-state index contributed by atoms with van der Waals surface area (Å²) in [6, 6.07) is 17.0. The molecule has 36 heavy (non-hydrogen) atoms. The number of amides is 1. The topological polar surface area (TPSA) is 96.6 Å². The van der Waals surface area contributed by atoms with E-state index in [4.69, 9.17) is 9.84 Å². The molecule has 1 aliphatic rings. The third kappa shape index (κ3) is 4.92. The van der Waals surface area contributed by atoms with E-state index in [0.717, 1.165) is 17.7 Å². The zero-order valence-electron chi connectivity index (χ0n) is 20.3. The Hall–Kier alpha value is -4.24. The summed E-state index contributed by atoms with van der Waals surface area (Å²) in [6.07, 6.45) is 5.58. The van der Waals surface area contributed by atoms with Gasteiger partial charge in [0, 0.05) is 31.3 Å². The number of aromatic nitrogens is 4. The maximum absolute atomic E-state index is 12.6. The van der Waals surface area contributed by atoms with E-state index in [1.54, 1.807) is 6.08 Å². The van der Waals surface area contributed by atoms with Crippen LogP contribution in [0.15, 0.2) is 73.1 Å². The predicted octanol–water partition coefficient (Wildman–Crippen LogP) is 3.88. The van der Waals surface area contributed by atoms with Crippen molar-refractivity contribution in [3.05, 3.63) is 73.1 Å². The van der Waals surface area contributed by atoms with E-state index in [1.165, 1.54) is 6.33 Å². The van der Waals surface area contributed by atoms with Gasteiger partial charge in [0.05, 0.1) is 6.04 Å². The van der Waals surface area contributed by atoms with E-state index in [1.807, 2.05) is 89.3 Å². The van der Waals surface area contributed by atoms with Crippen molar-refractivity contribution in [2.24, 2.45) is 0 Å². The molecule has 0 radical (unpaired) electrons. The van der Waals surface area contributed by atoms with Gasteiger partial charge in [-0.3, -0.25) is 4.79 Å². The van der Waals surface area contributed by atoms with Crippen molar-refractivity contribution in [1.29, 1.82) is 0 Å². The predicted molar refractivity (Wildman–Crippen MR) is 137 cm³/mol. The average Bonchev–Trinajstić information content (AvgIpc) is 3.51. The molecule has 0 unspecified atom stereocenters. The van der Waals surface area contributed by atoms with Gasteiger partial charge in [-0.05, 0) is 56.9 Å². The van der Waals surface area contributed by atoms with Gasteiger partial charge in [-0.25, -0.2) is 14.6 Å². The number of likely N-dealkylation sites (tertiary alicyclic amines) is 1. The molecule has 2 aromatic heterocycles. The van der Waals surface area contributed by atoms with E-state index >= 15 is 0 Å². The molecular weight excluding hydrogens is 456 g/mol. The van der Waals surface area contributed by atoms with Gasteiger partial charge in [0.2, 0.25) is 11.8 Å². The van der Waals surface area contributed by atoms with Gasteiger partial charge in [-0.15, -0.1) is 0 Å². The highest BCUT2D eigenvalue weighted by atomic mass is 16.5. The Kier molecular flexibility index (Phi) is 6.64. The highest BCUT2D eigenvalue weighted by molar-refractivity contribution is 5.95. The monoisotopic (exact) mass is 484 g/mol. The highest BCUT2D eigenvalue weighted by Gasteiger charge is 2.30. The third-order valence-corrected chi connectivity index (χ3v) is 6.13. The number of aromatic hydroxyl groups is 1. The molecule has 0 aliphatic carbocycles. The molecule has 0 saturated carbocycles. The quantitative estimate of drug-likeness (QED) is 0.398. The minimum Gasteiger partial charge on any atom is -0.493 e. The molecule has 3 heterocycles. The van der Waals surface area contributed by atoms with Crippen LogP contribution in [0.5, 0.6) is 17.4 Å². The maximum Gasteiger partial charge on any atom is 0.246 e. The van der Waals surface area contributed by atoms with Crippen LogP contribution < -0.4 is 4.74 Å². The number of para-hydroxylation sites is 1. The van der Waals surface area contributed by atoms with Gasteiger partial charge in [-0.2, -0.15) is 5.10 Å². The minimum absolute atomic E-state index is 0.0116. The number of nitrogens with zero attached hydrogens (tertiary/aromatic N) is 6. The number of ether oxygens (including phenoxy) is 1. The van der Waals surface area contributed by atoms with Crippen molar-refractivity contribution < 1.29 is 14.6 Å². The van der Waals surface area contributed by atoms with Crippen LogP contribution in [0.2, 0.25) is 0 Å². The van der Waals surface area contributed by atoms with Gasteiger partial charge in [0.25, 0.3) is 0 Å². The number of rotatable bonds is 7. The first-order chi connectivity index (χ1) is 17.5. The molecule has 4 aromatic rings. The van der Waals surface area contributed by atoms with E-state index in [9.17, 15) is 9.90 Å². The summed E-state index contributed by atoms with van der Waals surface area (Å²) in [5.41, 5.74) is 1.94. The van der Waals surface area contributed by atoms with Gasteiger partial charge in [-0.1, -0.05) is 24.3 Å². The Morgan fingerprint density at radius 1 is 1.11 bits per heavy atom. The summed E-state index contributed by atoms with van der Waals surface area (Å²) >= 11 is 0. The standard InChI is InChI=1S/C27H28N6O3/c1-31(2)15-6-9-23(34)32-16-14-20(17-32)33-26-24(27(35)29-18-28-26)25(30-33)19-10-12-22(13-11-19)36-21-7-4-3-5-8-21/h3-13,18,20H,14-17H2,1-2H3,(H,28,29,35)/b9-6+/t20-/m1/s1. The Labute approximate surface area is 209 Å². The van der Waals surface area contributed by atoms with Crippen LogP contribution >= 0.6 is 0 Å². The summed E-state index contributed by atoms with van der Waals surface area (Å²) in [5, 5.41) is 15.9. The largest absolute Gasteiger partial charge is 0.493 e. The van der Waals surface area contributed by atoms with Crippen LogP contribution in [0.4, 0.5) is 0 Å². The van der Waals surface area contributed by atoms with Gasteiger partial charge in [0.15, 0.2) is 5.65 Å². The lowest BCUT2D eigenvalue weighted by Crippen LogP contribution is -2.28. The number of carbonyl (C=O) groups is 1. The molecule has 1 aliphatic heterocycles. The average molecular weight is 485 g/mol. The van der Waals surface area contributed by atoms with E-state index in [0.29, 0.717) is 42.1 Å². The van der Waals surface area contributed by atoms with Gasteiger partial charge in [0.1, 0.15) is 28.9 Å². The molecule has 9 heteroatoms. The summed E-state index contributed by atoms with van der Waals surface area (Å²) in [6.45, 7) is 1.87. The number of hydrogen-bond donors (Lipinski definition) is 1. The number of benzene rings is 2. The molecule has 9 nitrogen and oxygen atoms in total. The van der Waals surface area contributed by atoms with E-state index in [-0.39, 0.29) is 17.8 Å². The Bertz CT molecular complexity index is 1380. The molecule has 2 aromatic carbocycles. The smallest absolute Gasteiger partial charge is 0.246 e. The molecule has 1 amide bonds. The molecule has 5 rings (SSSR count). The molecule has 0 spiro atoms. The van der Waals surface area contributed by atoms with Crippen LogP contribution in [-0.2, 0) is 4.79 Å². The second-order valence-corrected chi connectivity index (χ2v) is 9.02. The summed E-state index contributed by atoms with van der Waals surface area (Å²) in [5.74, 6) is 1.32. The van der Waals surface area contributed by atoms with Crippen LogP contribution in [-0.4, -0.2) is 74.3 Å². The van der Waals surface area contributed by atoms with Crippen molar-refractivity contribution in [3.8, 4) is 28.6 Å². The van der Waals surface area contributed by atoms with Crippen molar-refractivity contribution in [2.45, 2.75) is 12.5 Å². The van der Waals surface area contributed by atoms with Crippen LogP contribution in [0.25, 0.3) is 22.3 Å². The lowest BCUT2D eigenvalue weighted by atomic mass is 10.1. The number of hydrogen-bond acceptors (Lipinski definition) is 7. The number of carbonyl (C=O) groups excluding carboxylic acids is 1. The minimum atomic E-state index is -0.122. The Balaban J connectivity index is 1.40.